The van der Waals surface area contributed by atoms with Crippen LogP contribution < -0.4 is 0 Å². The Morgan fingerprint density at radius 1 is 1.25 bits per heavy atom. The lowest BCUT2D eigenvalue weighted by molar-refractivity contribution is -0.136. The Kier molecular flexibility index (Phi) is 1.56. The van der Waals surface area contributed by atoms with Crippen molar-refractivity contribution in [2.45, 2.75) is 18.7 Å². The van der Waals surface area contributed by atoms with Crippen LogP contribution in [0.3, 0.4) is 0 Å². The van der Waals surface area contributed by atoms with Crippen molar-refractivity contribution < 1.29 is 9.53 Å². The highest BCUT2D eigenvalue weighted by Gasteiger charge is 2.62. The first kappa shape index (κ1) is 8.76. The van der Waals surface area contributed by atoms with E-state index >= 15 is 0 Å². The molecular weight excluding hydrogens is 202 g/mol. The van der Waals surface area contributed by atoms with Gasteiger partial charge >= 0.3 is 0 Å². The van der Waals surface area contributed by atoms with E-state index in [0.717, 1.165) is 12.0 Å². The van der Waals surface area contributed by atoms with Crippen LogP contribution in [-0.4, -0.2) is 23.5 Å². The molecule has 3 aliphatic rings. The third kappa shape index (κ3) is 0.990. The van der Waals surface area contributed by atoms with Crippen molar-refractivity contribution >= 4 is 5.91 Å². The summed E-state index contributed by atoms with van der Waals surface area (Å²) in [5.41, 5.74) is 1.10. The van der Waals surface area contributed by atoms with Gasteiger partial charge in [0.2, 0.25) is 5.91 Å². The monoisotopic (exact) mass is 215 g/mol. The van der Waals surface area contributed by atoms with Gasteiger partial charge in [0.05, 0.1) is 12.6 Å². The molecule has 2 heterocycles. The van der Waals surface area contributed by atoms with Gasteiger partial charge in [0, 0.05) is 11.5 Å². The summed E-state index contributed by atoms with van der Waals surface area (Å²) in [5.74, 6) is 1.21. The van der Waals surface area contributed by atoms with Crippen LogP contribution in [0.5, 0.6) is 0 Å². The van der Waals surface area contributed by atoms with Gasteiger partial charge in [-0.25, -0.2) is 0 Å². The topological polar surface area (TPSA) is 29.5 Å². The van der Waals surface area contributed by atoms with Crippen molar-refractivity contribution in [3.8, 4) is 0 Å². The normalized spacial score (nSPS) is 39.8. The van der Waals surface area contributed by atoms with Gasteiger partial charge < -0.3 is 9.64 Å². The molecule has 1 saturated carbocycles. The van der Waals surface area contributed by atoms with E-state index in [1.54, 1.807) is 0 Å². The number of hydrogen-bond donors (Lipinski definition) is 0. The predicted molar refractivity (Wildman–Crippen MR) is 57.4 cm³/mol. The molecule has 3 fully saturated rings. The summed E-state index contributed by atoms with van der Waals surface area (Å²) < 4.78 is 5.78. The van der Waals surface area contributed by atoms with Crippen molar-refractivity contribution in [2.75, 3.05) is 6.61 Å². The molecule has 2 saturated heterocycles. The number of rotatable bonds is 1. The van der Waals surface area contributed by atoms with Gasteiger partial charge in [-0.15, -0.1) is 0 Å². The first-order valence-corrected chi connectivity index (χ1v) is 5.85. The average Bonchev–Trinajstić information content (AvgIpc) is 2.92. The van der Waals surface area contributed by atoms with Crippen LogP contribution in [0.15, 0.2) is 30.3 Å². The molecule has 2 unspecified atom stereocenters. The fraction of sp³-hybridized carbons (Fsp3) is 0.462. The minimum Gasteiger partial charge on any atom is -0.352 e. The maximum Gasteiger partial charge on any atom is 0.228 e. The second-order valence-corrected chi connectivity index (χ2v) is 4.92. The summed E-state index contributed by atoms with van der Waals surface area (Å²) in [4.78, 5) is 14.0. The van der Waals surface area contributed by atoms with Gasteiger partial charge in [0.25, 0.3) is 0 Å². The van der Waals surface area contributed by atoms with E-state index in [9.17, 15) is 4.79 Å². The smallest absolute Gasteiger partial charge is 0.228 e. The van der Waals surface area contributed by atoms with E-state index in [1.165, 1.54) is 0 Å². The average molecular weight is 215 g/mol. The zero-order valence-corrected chi connectivity index (χ0v) is 8.87. The van der Waals surface area contributed by atoms with E-state index < -0.39 is 0 Å². The standard InChI is InChI=1S/C13H13NO2/c15-12-10-6-9(10)11-7-16-13(14(11)12)8-4-2-1-3-5-8/h1-5,9-11,13H,6-7H2/t9-,10?,11+,13?/m0/s1. The zero-order valence-electron chi connectivity index (χ0n) is 8.87. The number of piperidine rings is 1. The summed E-state index contributed by atoms with van der Waals surface area (Å²) in [5, 5.41) is 0. The number of ether oxygens (including phenoxy) is 1. The molecule has 1 aromatic carbocycles. The summed E-state index contributed by atoms with van der Waals surface area (Å²) in [7, 11) is 0. The number of amides is 1. The van der Waals surface area contributed by atoms with Crippen molar-refractivity contribution in [1.29, 1.82) is 0 Å². The largest absolute Gasteiger partial charge is 0.352 e. The SMILES string of the molecule is O=C1C2C[C@@H]2[C@H]2COC(c3ccccc3)N12. The Balaban J connectivity index is 1.70. The van der Waals surface area contributed by atoms with E-state index in [1.807, 2.05) is 35.2 Å². The van der Waals surface area contributed by atoms with Crippen molar-refractivity contribution in [2.24, 2.45) is 11.8 Å². The molecule has 0 aromatic heterocycles. The number of nitrogens with zero attached hydrogens (tertiary/aromatic N) is 1. The lowest BCUT2D eigenvalue weighted by atomic mass is 10.1. The maximum absolute atomic E-state index is 12.1. The lowest BCUT2D eigenvalue weighted by Crippen LogP contribution is -2.34. The van der Waals surface area contributed by atoms with Gasteiger partial charge in [-0.1, -0.05) is 30.3 Å². The molecule has 1 aromatic rings. The predicted octanol–water partition coefficient (Wildman–Crippen LogP) is 1.56. The van der Waals surface area contributed by atoms with Crippen molar-refractivity contribution in [3.63, 3.8) is 0 Å². The van der Waals surface area contributed by atoms with Crippen LogP contribution in [0, 0.1) is 11.8 Å². The van der Waals surface area contributed by atoms with Crippen molar-refractivity contribution in [3.05, 3.63) is 35.9 Å². The zero-order chi connectivity index (χ0) is 10.7. The molecule has 16 heavy (non-hydrogen) atoms. The van der Waals surface area contributed by atoms with E-state index in [0.29, 0.717) is 30.4 Å². The fourth-order valence-corrected chi connectivity index (χ4v) is 3.12. The molecule has 0 spiro atoms. The van der Waals surface area contributed by atoms with Crippen LogP contribution in [-0.2, 0) is 9.53 Å². The Bertz CT molecular complexity index is 445. The number of carbonyl (C=O) groups excluding carboxylic acids is 1. The molecule has 4 rings (SSSR count). The van der Waals surface area contributed by atoms with Crippen LogP contribution in [0.4, 0.5) is 0 Å². The Morgan fingerprint density at radius 3 is 2.88 bits per heavy atom. The minimum absolute atomic E-state index is 0.133. The highest BCUT2D eigenvalue weighted by molar-refractivity contribution is 5.86. The van der Waals surface area contributed by atoms with Crippen LogP contribution in [0.1, 0.15) is 18.2 Å². The highest BCUT2D eigenvalue weighted by atomic mass is 16.5. The molecule has 4 atom stereocenters. The van der Waals surface area contributed by atoms with E-state index in [-0.39, 0.29) is 6.23 Å². The Hall–Kier alpha value is -1.35. The molecule has 1 amide bonds. The van der Waals surface area contributed by atoms with Gasteiger partial charge in [-0.2, -0.15) is 0 Å². The molecular formula is C13H13NO2. The first-order valence-electron chi connectivity index (χ1n) is 5.85. The van der Waals surface area contributed by atoms with Crippen LogP contribution in [0.2, 0.25) is 0 Å². The quantitative estimate of drug-likeness (QED) is 0.711. The molecule has 0 bridgehead atoms. The second kappa shape index (κ2) is 2.86. The van der Waals surface area contributed by atoms with Crippen LogP contribution in [0.25, 0.3) is 0 Å². The summed E-state index contributed by atoms with van der Waals surface area (Å²) >= 11 is 0. The third-order valence-electron chi connectivity index (χ3n) is 4.03. The number of hydrogen-bond acceptors (Lipinski definition) is 2. The Labute approximate surface area is 94.0 Å². The van der Waals surface area contributed by atoms with Gasteiger partial charge in [0.15, 0.2) is 6.23 Å². The summed E-state index contributed by atoms with van der Waals surface area (Å²) in [6, 6.07) is 10.4. The van der Waals surface area contributed by atoms with Gasteiger partial charge in [0.1, 0.15) is 0 Å². The second-order valence-electron chi connectivity index (χ2n) is 4.92. The van der Waals surface area contributed by atoms with Crippen molar-refractivity contribution in [1.82, 2.24) is 4.90 Å². The number of carbonyl (C=O) groups is 1. The fourth-order valence-electron chi connectivity index (χ4n) is 3.12. The minimum atomic E-state index is -0.133. The van der Waals surface area contributed by atoms with Crippen LogP contribution >= 0.6 is 0 Å². The molecule has 1 aliphatic carbocycles. The molecule has 82 valence electrons. The highest BCUT2D eigenvalue weighted by Crippen LogP contribution is 2.55. The third-order valence-corrected chi connectivity index (χ3v) is 4.03. The molecule has 0 N–H and O–H groups in total. The first-order chi connectivity index (χ1) is 7.86. The van der Waals surface area contributed by atoms with Gasteiger partial charge in [-0.05, 0) is 12.3 Å². The van der Waals surface area contributed by atoms with E-state index in [4.69, 9.17) is 4.74 Å². The molecule has 3 heteroatoms. The lowest BCUT2D eigenvalue weighted by Gasteiger charge is -2.24. The molecule has 2 aliphatic heterocycles. The van der Waals surface area contributed by atoms with Gasteiger partial charge in [-0.3, -0.25) is 4.79 Å². The van der Waals surface area contributed by atoms with E-state index in [2.05, 4.69) is 0 Å². The number of benzene rings is 1. The Morgan fingerprint density at radius 2 is 2.06 bits per heavy atom. The summed E-state index contributed by atoms with van der Waals surface area (Å²) in [6.45, 7) is 0.715. The maximum atomic E-state index is 12.1. The molecule has 0 radical (unpaired) electrons. The summed E-state index contributed by atoms with van der Waals surface area (Å²) in [6.07, 6.45) is 0.955. The number of fused-ring (bicyclic) bond motifs is 3. The molecule has 3 nitrogen and oxygen atoms in total.